The van der Waals surface area contributed by atoms with Gasteiger partial charge >= 0.3 is 0 Å². The average Bonchev–Trinajstić information content (AvgIpc) is 2.37. The molecule has 0 aliphatic heterocycles. The van der Waals surface area contributed by atoms with Crippen molar-refractivity contribution in [1.29, 1.82) is 0 Å². The Morgan fingerprint density at radius 1 is 1.20 bits per heavy atom. The third-order valence-corrected chi connectivity index (χ3v) is 4.10. The number of benzene rings is 1. The fourth-order valence-corrected chi connectivity index (χ4v) is 2.68. The van der Waals surface area contributed by atoms with E-state index in [1.807, 2.05) is 0 Å². The van der Waals surface area contributed by atoms with E-state index in [1.54, 1.807) is 0 Å². The molecular weight excluding hydrogens is 342 g/mol. The molecule has 0 saturated heterocycles. The highest BCUT2D eigenvalue weighted by Crippen LogP contribution is 2.33. The predicted molar refractivity (Wildman–Crippen MR) is 68.7 cm³/mol. The molecule has 0 radical (unpaired) electrons. The van der Waals surface area contributed by atoms with Crippen LogP contribution < -0.4 is 5.32 Å². The molecule has 0 spiro atoms. The van der Waals surface area contributed by atoms with E-state index in [2.05, 4.69) is 21.2 Å². The lowest BCUT2D eigenvalue weighted by Gasteiger charge is -2.28. The van der Waals surface area contributed by atoms with Crippen LogP contribution in [0.1, 0.15) is 36.0 Å². The minimum Gasteiger partial charge on any atom is -0.349 e. The Morgan fingerprint density at radius 2 is 1.75 bits per heavy atom. The molecule has 7 heteroatoms. The van der Waals surface area contributed by atoms with Crippen molar-refractivity contribution in [3.63, 3.8) is 0 Å². The zero-order valence-electron chi connectivity index (χ0n) is 10.4. The number of rotatable bonds is 2. The van der Waals surface area contributed by atoms with Gasteiger partial charge in [-0.3, -0.25) is 4.79 Å². The predicted octanol–water partition coefficient (Wildman–Crippen LogP) is 4.04. The van der Waals surface area contributed by atoms with Crippen LogP contribution in [-0.4, -0.2) is 17.9 Å². The van der Waals surface area contributed by atoms with Gasteiger partial charge in [-0.05, 0) is 40.9 Å². The summed E-state index contributed by atoms with van der Waals surface area (Å²) >= 11 is 2.82. The Bertz CT molecular complexity index is 525. The highest BCUT2D eigenvalue weighted by Gasteiger charge is 2.35. The maximum Gasteiger partial charge on any atom is 0.255 e. The van der Waals surface area contributed by atoms with Gasteiger partial charge in [0.25, 0.3) is 5.91 Å². The highest BCUT2D eigenvalue weighted by atomic mass is 79.9. The molecule has 2 nitrogen and oxygen atoms in total. The normalized spacial score (nSPS) is 18.9. The maximum absolute atomic E-state index is 13.6. The summed E-state index contributed by atoms with van der Waals surface area (Å²) < 4.78 is 52.6. The first-order valence-corrected chi connectivity index (χ1v) is 6.91. The first-order valence-electron chi connectivity index (χ1n) is 6.12. The van der Waals surface area contributed by atoms with Crippen LogP contribution in [0.15, 0.2) is 16.6 Å². The summed E-state index contributed by atoms with van der Waals surface area (Å²) in [6, 6.07) is 1.30. The van der Waals surface area contributed by atoms with Gasteiger partial charge in [-0.2, -0.15) is 0 Å². The molecule has 110 valence electrons. The molecule has 1 aromatic carbocycles. The monoisotopic (exact) mass is 353 g/mol. The highest BCUT2D eigenvalue weighted by molar-refractivity contribution is 9.10. The molecule has 1 saturated carbocycles. The SMILES string of the molecule is O=C(NC1CCC(F)(F)CC1)c1c(F)ccc(F)c1Br. The van der Waals surface area contributed by atoms with Crippen LogP contribution in [-0.2, 0) is 0 Å². The van der Waals surface area contributed by atoms with Crippen molar-refractivity contribution in [2.24, 2.45) is 0 Å². The van der Waals surface area contributed by atoms with Crippen LogP contribution in [0.2, 0.25) is 0 Å². The number of hydrogen-bond acceptors (Lipinski definition) is 1. The second-order valence-electron chi connectivity index (χ2n) is 4.82. The van der Waals surface area contributed by atoms with Crippen molar-refractivity contribution in [3.8, 4) is 0 Å². The Morgan fingerprint density at radius 3 is 2.35 bits per heavy atom. The molecule has 1 aromatic rings. The minimum absolute atomic E-state index is 0.118. The molecule has 0 unspecified atom stereocenters. The van der Waals surface area contributed by atoms with Crippen molar-refractivity contribution < 1.29 is 22.4 Å². The molecule has 1 amide bonds. The van der Waals surface area contributed by atoms with Gasteiger partial charge in [-0.25, -0.2) is 17.6 Å². The smallest absolute Gasteiger partial charge is 0.255 e. The first kappa shape index (κ1) is 15.3. The number of amides is 1. The van der Waals surface area contributed by atoms with E-state index in [0.29, 0.717) is 0 Å². The molecular formula is C13H12BrF4NO. The molecule has 0 heterocycles. The average molecular weight is 354 g/mol. The van der Waals surface area contributed by atoms with Crippen molar-refractivity contribution in [3.05, 3.63) is 33.8 Å². The Labute approximate surface area is 121 Å². The number of nitrogens with one attached hydrogen (secondary N) is 1. The molecule has 1 aliphatic rings. The largest absolute Gasteiger partial charge is 0.349 e. The number of alkyl halides is 2. The summed E-state index contributed by atoms with van der Waals surface area (Å²) in [5.41, 5.74) is -0.442. The van der Waals surface area contributed by atoms with Crippen LogP contribution in [0.4, 0.5) is 17.6 Å². The van der Waals surface area contributed by atoms with E-state index in [0.717, 1.165) is 12.1 Å². The number of halogens is 5. The van der Waals surface area contributed by atoms with Crippen molar-refractivity contribution in [2.75, 3.05) is 0 Å². The van der Waals surface area contributed by atoms with Gasteiger partial charge in [-0.1, -0.05) is 0 Å². The summed E-state index contributed by atoms with van der Waals surface area (Å²) in [6.45, 7) is 0. The van der Waals surface area contributed by atoms with E-state index < -0.39 is 35.1 Å². The van der Waals surface area contributed by atoms with Crippen LogP contribution in [0.5, 0.6) is 0 Å². The van der Waals surface area contributed by atoms with Gasteiger partial charge in [0.1, 0.15) is 11.6 Å². The summed E-state index contributed by atoms with van der Waals surface area (Å²) in [4.78, 5) is 11.9. The second kappa shape index (κ2) is 5.71. The summed E-state index contributed by atoms with van der Waals surface area (Å²) in [6.07, 6.45) is -0.393. The van der Waals surface area contributed by atoms with E-state index in [1.165, 1.54) is 0 Å². The van der Waals surface area contributed by atoms with Crippen LogP contribution in [0.3, 0.4) is 0 Å². The summed E-state index contributed by atoms with van der Waals surface area (Å²) in [5.74, 6) is -5.13. The third kappa shape index (κ3) is 3.31. The first-order chi connectivity index (χ1) is 9.30. The third-order valence-electron chi connectivity index (χ3n) is 3.32. The van der Waals surface area contributed by atoms with Crippen LogP contribution in [0, 0.1) is 11.6 Å². The number of carbonyl (C=O) groups excluding carboxylic acids is 1. The molecule has 1 N–H and O–H groups in total. The van der Waals surface area contributed by atoms with Gasteiger partial charge in [0.15, 0.2) is 0 Å². The van der Waals surface area contributed by atoms with Crippen LogP contribution >= 0.6 is 15.9 Å². The fraction of sp³-hybridized carbons (Fsp3) is 0.462. The second-order valence-corrected chi connectivity index (χ2v) is 5.61. The van der Waals surface area contributed by atoms with Crippen LogP contribution in [0.25, 0.3) is 0 Å². The van der Waals surface area contributed by atoms with Gasteiger partial charge < -0.3 is 5.32 Å². The van der Waals surface area contributed by atoms with E-state index in [9.17, 15) is 22.4 Å². The Balaban J connectivity index is 2.08. The van der Waals surface area contributed by atoms with Gasteiger partial charge in [-0.15, -0.1) is 0 Å². The van der Waals surface area contributed by atoms with Crippen molar-refractivity contribution in [1.82, 2.24) is 5.32 Å². The minimum atomic E-state index is -2.70. The quantitative estimate of drug-likeness (QED) is 0.631. The van der Waals surface area contributed by atoms with E-state index >= 15 is 0 Å². The van der Waals surface area contributed by atoms with Crippen molar-refractivity contribution in [2.45, 2.75) is 37.6 Å². The lowest BCUT2D eigenvalue weighted by atomic mass is 9.92. The summed E-state index contributed by atoms with van der Waals surface area (Å²) in [5, 5.41) is 2.47. The molecule has 20 heavy (non-hydrogen) atoms. The van der Waals surface area contributed by atoms with E-state index in [4.69, 9.17) is 0 Å². The standard InChI is InChI=1S/C13H12BrF4NO/c14-11-9(16)2-1-8(15)10(11)12(20)19-7-3-5-13(17,18)6-4-7/h1-2,7H,3-6H2,(H,19,20). The lowest BCUT2D eigenvalue weighted by molar-refractivity contribution is -0.0399. The zero-order valence-corrected chi connectivity index (χ0v) is 11.9. The van der Waals surface area contributed by atoms with Crippen molar-refractivity contribution >= 4 is 21.8 Å². The zero-order chi connectivity index (χ0) is 14.9. The molecule has 0 atom stereocenters. The molecule has 1 fully saturated rings. The molecule has 0 bridgehead atoms. The number of hydrogen-bond donors (Lipinski definition) is 1. The lowest BCUT2D eigenvalue weighted by Crippen LogP contribution is -2.40. The topological polar surface area (TPSA) is 29.1 Å². The summed E-state index contributed by atoms with van der Waals surface area (Å²) in [7, 11) is 0. The number of carbonyl (C=O) groups is 1. The molecule has 2 rings (SSSR count). The maximum atomic E-state index is 13.6. The molecule has 1 aliphatic carbocycles. The van der Waals surface area contributed by atoms with Gasteiger partial charge in [0, 0.05) is 18.9 Å². The molecule has 0 aromatic heterocycles. The Kier molecular flexibility index (Phi) is 4.36. The fourth-order valence-electron chi connectivity index (χ4n) is 2.18. The Hall–Kier alpha value is -1.11. The van der Waals surface area contributed by atoms with Gasteiger partial charge in [0.05, 0.1) is 10.0 Å². The van der Waals surface area contributed by atoms with Gasteiger partial charge in [0.2, 0.25) is 5.92 Å². The van der Waals surface area contributed by atoms with E-state index in [-0.39, 0.29) is 30.2 Å².